The van der Waals surface area contributed by atoms with Crippen LogP contribution in [0.25, 0.3) is 0 Å². The van der Waals surface area contributed by atoms with Crippen LogP contribution in [0.5, 0.6) is 0 Å². The molecule has 0 N–H and O–H groups in total. The number of carbonyl (C=O) groups excluding carboxylic acids is 1. The molecule has 2 heterocycles. The average molecular weight is 338 g/mol. The van der Waals surface area contributed by atoms with Gasteiger partial charge < -0.3 is 4.74 Å². The Balaban J connectivity index is 1.75. The number of fused-ring (bicyclic) bond motifs is 1. The highest BCUT2D eigenvalue weighted by Gasteiger charge is 2.42. The first-order chi connectivity index (χ1) is 10.9. The second kappa shape index (κ2) is 6.22. The van der Waals surface area contributed by atoms with E-state index in [1.165, 1.54) is 6.07 Å². The Morgan fingerprint density at radius 2 is 2.04 bits per heavy atom. The van der Waals surface area contributed by atoms with Gasteiger partial charge in [-0.3, -0.25) is 9.69 Å². The second-order valence-electron chi connectivity index (χ2n) is 6.48. The van der Waals surface area contributed by atoms with E-state index in [-0.39, 0.29) is 23.1 Å². The van der Waals surface area contributed by atoms with Crippen molar-refractivity contribution in [3.05, 3.63) is 29.8 Å². The maximum Gasteiger partial charge on any atom is 0.269 e. The number of ether oxygens (including phenoxy) is 1. The summed E-state index contributed by atoms with van der Waals surface area (Å²) in [5, 5.41) is 0. The highest BCUT2D eigenvalue weighted by atomic mass is 32.2. The highest BCUT2D eigenvalue weighted by molar-refractivity contribution is 7.90. The number of hydrogen-bond acceptors (Lipinski definition) is 5. The van der Waals surface area contributed by atoms with Crippen LogP contribution in [0.15, 0.2) is 29.2 Å². The molecule has 1 fully saturated rings. The lowest BCUT2D eigenvalue weighted by Gasteiger charge is -2.35. The average Bonchev–Trinajstić information content (AvgIpc) is 2.69. The van der Waals surface area contributed by atoms with Gasteiger partial charge in [0.25, 0.3) is 15.9 Å². The summed E-state index contributed by atoms with van der Waals surface area (Å²) in [5.41, 5.74) is 0.252. The standard InChI is InChI=1S/C16H22N2O4S/c1-12(2)9-17-7-8-22-13(10-17)11-18-16(19)14-5-3-4-6-15(14)23(18,20)21/h3-6,12-13H,7-11H2,1-2H3. The maximum atomic E-state index is 12.6. The summed E-state index contributed by atoms with van der Waals surface area (Å²) in [6, 6.07) is 6.35. The van der Waals surface area contributed by atoms with Crippen LogP contribution in [0.4, 0.5) is 0 Å². The number of sulfonamides is 1. The number of rotatable bonds is 4. The Morgan fingerprint density at radius 3 is 2.74 bits per heavy atom. The monoisotopic (exact) mass is 338 g/mol. The zero-order valence-corrected chi connectivity index (χ0v) is 14.3. The molecule has 6 nitrogen and oxygen atoms in total. The molecule has 3 rings (SSSR count). The van der Waals surface area contributed by atoms with Gasteiger partial charge >= 0.3 is 0 Å². The summed E-state index contributed by atoms with van der Waals surface area (Å²) >= 11 is 0. The number of hydrogen-bond donors (Lipinski definition) is 0. The molecule has 0 saturated carbocycles. The predicted octanol–water partition coefficient (Wildman–Crippen LogP) is 1.19. The Kier molecular flexibility index (Phi) is 4.44. The van der Waals surface area contributed by atoms with E-state index in [4.69, 9.17) is 4.74 Å². The largest absolute Gasteiger partial charge is 0.374 e. The second-order valence-corrected chi connectivity index (χ2v) is 8.31. The minimum absolute atomic E-state index is 0.0739. The summed E-state index contributed by atoms with van der Waals surface area (Å²) in [6.45, 7) is 7.37. The smallest absolute Gasteiger partial charge is 0.269 e. The van der Waals surface area contributed by atoms with Crippen molar-refractivity contribution in [1.82, 2.24) is 9.21 Å². The summed E-state index contributed by atoms with van der Waals surface area (Å²) < 4.78 is 31.8. The van der Waals surface area contributed by atoms with Gasteiger partial charge in [-0.1, -0.05) is 26.0 Å². The van der Waals surface area contributed by atoms with Crippen molar-refractivity contribution in [2.75, 3.05) is 32.8 Å². The first kappa shape index (κ1) is 16.4. The molecule has 0 radical (unpaired) electrons. The topological polar surface area (TPSA) is 66.9 Å². The van der Waals surface area contributed by atoms with E-state index in [2.05, 4.69) is 18.7 Å². The van der Waals surface area contributed by atoms with Crippen LogP contribution in [0.1, 0.15) is 24.2 Å². The molecule has 126 valence electrons. The summed E-state index contributed by atoms with van der Waals surface area (Å²) in [6.07, 6.45) is -0.282. The zero-order valence-electron chi connectivity index (χ0n) is 13.4. The molecule has 1 aromatic carbocycles. The Hall–Kier alpha value is -1.44. The fraction of sp³-hybridized carbons (Fsp3) is 0.562. The normalized spacial score (nSPS) is 24.2. The van der Waals surface area contributed by atoms with Crippen LogP contribution in [0, 0.1) is 5.92 Å². The van der Waals surface area contributed by atoms with Crippen LogP contribution in [0.3, 0.4) is 0 Å². The van der Waals surface area contributed by atoms with Crippen molar-refractivity contribution in [2.45, 2.75) is 24.8 Å². The molecule has 2 aliphatic rings. The summed E-state index contributed by atoms with van der Waals surface area (Å²) in [4.78, 5) is 14.8. The fourth-order valence-electron chi connectivity index (χ4n) is 3.17. The van der Waals surface area contributed by atoms with E-state index in [9.17, 15) is 13.2 Å². The minimum atomic E-state index is -3.75. The lowest BCUT2D eigenvalue weighted by Crippen LogP contribution is -2.49. The first-order valence-corrected chi connectivity index (χ1v) is 9.33. The third-order valence-electron chi connectivity index (χ3n) is 4.13. The molecule has 1 aromatic rings. The van der Waals surface area contributed by atoms with Gasteiger partial charge in [0, 0.05) is 19.6 Å². The van der Waals surface area contributed by atoms with Crippen LogP contribution in [0.2, 0.25) is 0 Å². The van der Waals surface area contributed by atoms with Crippen LogP contribution < -0.4 is 0 Å². The van der Waals surface area contributed by atoms with Gasteiger partial charge in [0.15, 0.2) is 0 Å². The third-order valence-corrected chi connectivity index (χ3v) is 5.93. The van der Waals surface area contributed by atoms with Gasteiger partial charge in [-0.25, -0.2) is 12.7 Å². The van der Waals surface area contributed by atoms with Gasteiger partial charge in [-0.05, 0) is 18.1 Å². The zero-order chi connectivity index (χ0) is 16.6. The minimum Gasteiger partial charge on any atom is -0.374 e. The lowest BCUT2D eigenvalue weighted by molar-refractivity contribution is -0.0361. The predicted molar refractivity (Wildman–Crippen MR) is 85.7 cm³/mol. The van der Waals surface area contributed by atoms with Crippen molar-refractivity contribution in [3.8, 4) is 0 Å². The van der Waals surface area contributed by atoms with Crippen LogP contribution in [-0.2, 0) is 14.8 Å². The van der Waals surface area contributed by atoms with E-state index < -0.39 is 15.9 Å². The fourth-order valence-corrected chi connectivity index (χ4v) is 4.77. The van der Waals surface area contributed by atoms with E-state index in [0.717, 1.165) is 17.4 Å². The van der Waals surface area contributed by atoms with E-state index in [0.29, 0.717) is 19.1 Å². The number of morpholine rings is 1. The SMILES string of the molecule is CC(C)CN1CCOC(CN2C(=O)c3ccccc3S2(=O)=O)C1. The van der Waals surface area contributed by atoms with E-state index in [1.807, 2.05) is 0 Å². The lowest BCUT2D eigenvalue weighted by atomic mass is 10.1. The quantitative estimate of drug-likeness (QED) is 0.825. The number of amides is 1. The molecular formula is C16H22N2O4S. The van der Waals surface area contributed by atoms with Crippen molar-refractivity contribution < 1.29 is 17.9 Å². The van der Waals surface area contributed by atoms with Crippen molar-refractivity contribution in [1.29, 1.82) is 0 Å². The molecule has 2 aliphatic heterocycles. The van der Waals surface area contributed by atoms with Crippen LogP contribution >= 0.6 is 0 Å². The molecule has 0 spiro atoms. The Morgan fingerprint density at radius 1 is 1.30 bits per heavy atom. The molecule has 1 amide bonds. The van der Waals surface area contributed by atoms with Crippen molar-refractivity contribution in [3.63, 3.8) is 0 Å². The Bertz CT molecular complexity index is 702. The number of carbonyl (C=O) groups is 1. The number of nitrogens with zero attached hydrogens (tertiary/aromatic N) is 2. The van der Waals surface area contributed by atoms with Gasteiger partial charge in [0.05, 0.1) is 24.8 Å². The van der Waals surface area contributed by atoms with Crippen molar-refractivity contribution >= 4 is 15.9 Å². The number of benzene rings is 1. The first-order valence-electron chi connectivity index (χ1n) is 7.89. The molecule has 0 aromatic heterocycles. The maximum absolute atomic E-state index is 12.6. The van der Waals surface area contributed by atoms with Gasteiger partial charge in [-0.2, -0.15) is 0 Å². The van der Waals surface area contributed by atoms with Gasteiger partial charge in [0.1, 0.15) is 4.90 Å². The molecule has 23 heavy (non-hydrogen) atoms. The highest BCUT2D eigenvalue weighted by Crippen LogP contribution is 2.30. The molecule has 0 aliphatic carbocycles. The van der Waals surface area contributed by atoms with Gasteiger partial charge in [-0.15, -0.1) is 0 Å². The molecule has 1 saturated heterocycles. The molecule has 1 unspecified atom stereocenters. The molecular weight excluding hydrogens is 316 g/mol. The molecule has 1 atom stereocenters. The Labute approximate surface area is 137 Å². The molecule has 0 bridgehead atoms. The van der Waals surface area contributed by atoms with E-state index >= 15 is 0 Å². The van der Waals surface area contributed by atoms with E-state index in [1.54, 1.807) is 18.2 Å². The summed E-state index contributed by atoms with van der Waals surface area (Å²) in [7, 11) is -3.75. The van der Waals surface area contributed by atoms with Gasteiger partial charge in [0.2, 0.25) is 0 Å². The van der Waals surface area contributed by atoms with Crippen LogP contribution in [-0.4, -0.2) is 62.4 Å². The van der Waals surface area contributed by atoms with Crippen molar-refractivity contribution in [2.24, 2.45) is 5.92 Å². The molecule has 7 heteroatoms. The third kappa shape index (κ3) is 3.13. The summed E-state index contributed by atoms with van der Waals surface area (Å²) in [5.74, 6) is 0.0836.